The van der Waals surface area contributed by atoms with Gasteiger partial charge >= 0.3 is 0 Å². The van der Waals surface area contributed by atoms with Crippen molar-refractivity contribution in [3.05, 3.63) is 58.0 Å². The maximum atomic E-state index is 13.3. The van der Waals surface area contributed by atoms with Crippen LogP contribution in [0.15, 0.2) is 41.1 Å². The topological polar surface area (TPSA) is 53.7 Å². The number of halogens is 1. The predicted octanol–water partition coefficient (Wildman–Crippen LogP) is 4.24. The molecule has 0 radical (unpaired) electrons. The van der Waals surface area contributed by atoms with Gasteiger partial charge in [0.25, 0.3) is 5.91 Å². The van der Waals surface area contributed by atoms with E-state index in [1.807, 2.05) is 11.1 Å². The molecule has 2 aromatic heterocycles. The first kappa shape index (κ1) is 18.6. The summed E-state index contributed by atoms with van der Waals surface area (Å²) in [5.74, 6) is -0.0341. The number of hydrogen-bond donors (Lipinski definition) is 0. The number of hydrogen-bond acceptors (Lipinski definition) is 4. The average Bonchev–Trinajstić information content (AvgIpc) is 3.17. The van der Waals surface area contributed by atoms with Gasteiger partial charge in [-0.25, -0.2) is 9.50 Å². The minimum Gasteiger partial charge on any atom is -0.372 e. The van der Waals surface area contributed by atoms with E-state index in [1.165, 1.54) is 36.1 Å². The quantitative estimate of drug-likeness (QED) is 0.582. The SMILES string of the molecule is CC1c2cc(N3CCCCC3)ccc2CCN1C(=O)c1cc2ncc(Br)cn2n1. The Balaban J connectivity index is 1.43. The predicted molar refractivity (Wildman–Crippen MR) is 116 cm³/mol. The van der Waals surface area contributed by atoms with Crippen LogP contribution in [0, 0.1) is 0 Å². The van der Waals surface area contributed by atoms with E-state index in [1.54, 1.807) is 16.8 Å². The minimum absolute atomic E-state index is 0.0282. The smallest absolute Gasteiger partial charge is 0.274 e. The van der Waals surface area contributed by atoms with Crippen molar-refractivity contribution in [1.82, 2.24) is 19.5 Å². The van der Waals surface area contributed by atoms with E-state index in [0.29, 0.717) is 17.9 Å². The molecule has 2 aliphatic heterocycles. The Kier molecular flexibility index (Phi) is 4.78. The number of anilines is 1. The van der Waals surface area contributed by atoms with Crippen molar-refractivity contribution in [2.75, 3.05) is 24.5 Å². The third kappa shape index (κ3) is 3.41. The van der Waals surface area contributed by atoms with Crippen molar-refractivity contribution in [3.63, 3.8) is 0 Å². The first-order chi connectivity index (χ1) is 14.1. The Morgan fingerprint density at radius 3 is 2.79 bits per heavy atom. The van der Waals surface area contributed by atoms with Gasteiger partial charge in [-0.1, -0.05) is 6.07 Å². The number of amides is 1. The van der Waals surface area contributed by atoms with Crippen molar-refractivity contribution in [1.29, 1.82) is 0 Å². The van der Waals surface area contributed by atoms with Crippen LogP contribution >= 0.6 is 15.9 Å². The number of carbonyl (C=O) groups is 1. The monoisotopic (exact) mass is 453 g/mol. The molecule has 0 aliphatic carbocycles. The fourth-order valence-corrected chi connectivity index (χ4v) is 4.83. The number of carbonyl (C=O) groups excluding carboxylic acids is 1. The summed E-state index contributed by atoms with van der Waals surface area (Å²) in [6.07, 6.45) is 8.25. The van der Waals surface area contributed by atoms with Crippen molar-refractivity contribution in [3.8, 4) is 0 Å². The molecule has 4 heterocycles. The summed E-state index contributed by atoms with van der Waals surface area (Å²) in [7, 11) is 0. The van der Waals surface area contributed by atoms with E-state index in [-0.39, 0.29) is 11.9 Å². The van der Waals surface area contributed by atoms with Crippen LogP contribution in [-0.4, -0.2) is 45.0 Å². The molecular weight excluding hydrogens is 430 g/mol. The van der Waals surface area contributed by atoms with Crippen molar-refractivity contribution in [2.45, 2.75) is 38.6 Å². The van der Waals surface area contributed by atoms with Gasteiger partial charge in [-0.05, 0) is 71.8 Å². The van der Waals surface area contributed by atoms with Gasteiger partial charge in [0.2, 0.25) is 0 Å². The molecule has 6 nitrogen and oxygen atoms in total. The minimum atomic E-state index is -0.0341. The Bertz CT molecular complexity index is 1070. The van der Waals surface area contributed by atoms with Crippen LogP contribution < -0.4 is 4.90 Å². The molecular formula is C22H24BrN5O. The van der Waals surface area contributed by atoms with Gasteiger partial charge in [-0.15, -0.1) is 0 Å². The molecule has 1 amide bonds. The second-order valence-electron chi connectivity index (χ2n) is 7.96. The van der Waals surface area contributed by atoms with Gasteiger partial charge in [0.05, 0.1) is 10.5 Å². The fourth-order valence-electron chi connectivity index (χ4n) is 4.53. The zero-order chi connectivity index (χ0) is 20.0. The Labute approximate surface area is 178 Å². The van der Waals surface area contributed by atoms with Gasteiger partial charge in [0.1, 0.15) is 0 Å². The first-order valence-corrected chi connectivity index (χ1v) is 11.1. The molecule has 1 aromatic carbocycles. The number of rotatable bonds is 2. The van der Waals surface area contributed by atoms with Gasteiger partial charge in [-0.2, -0.15) is 5.10 Å². The Morgan fingerprint density at radius 1 is 1.14 bits per heavy atom. The second-order valence-corrected chi connectivity index (χ2v) is 8.88. The van der Waals surface area contributed by atoms with Crippen molar-refractivity contribution >= 4 is 33.2 Å². The van der Waals surface area contributed by atoms with Crippen LogP contribution in [0.4, 0.5) is 5.69 Å². The van der Waals surface area contributed by atoms with Crippen LogP contribution in [-0.2, 0) is 6.42 Å². The lowest BCUT2D eigenvalue weighted by Gasteiger charge is -2.36. The summed E-state index contributed by atoms with van der Waals surface area (Å²) < 4.78 is 2.48. The zero-order valence-electron chi connectivity index (χ0n) is 16.5. The maximum absolute atomic E-state index is 13.3. The zero-order valence-corrected chi connectivity index (χ0v) is 18.1. The summed E-state index contributed by atoms with van der Waals surface area (Å²) >= 11 is 3.40. The Morgan fingerprint density at radius 2 is 1.97 bits per heavy atom. The van der Waals surface area contributed by atoms with Crippen molar-refractivity contribution in [2.24, 2.45) is 0 Å². The highest BCUT2D eigenvalue weighted by molar-refractivity contribution is 9.10. The van der Waals surface area contributed by atoms with Gasteiger partial charge in [0, 0.05) is 43.8 Å². The van der Waals surface area contributed by atoms with Crippen LogP contribution in [0.1, 0.15) is 53.8 Å². The highest BCUT2D eigenvalue weighted by Crippen LogP contribution is 2.34. The number of fused-ring (bicyclic) bond motifs is 2. The normalized spacial score (nSPS) is 19.4. The lowest BCUT2D eigenvalue weighted by atomic mass is 9.92. The molecule has 0 saturated carbocycles. The summed E-state index contributed by atoms with van der Waals surface area (Å²) in [6, 6.07) is 8.60. The maximum Gasteiger partial charge on any atom is 0.274 e. The molecule has 7 heteroatoms. The third-order valence-corrected chi connectivity index (χ3v) is 6.56. The summed E-state index contributed by atoms with van der Waals surface area (Å²) in [5.41, 5.74) is 5.01. The van der Waals surface area contributed by atoms with Crippen LogP contribution in [0.3, 0.4) is 0 Å². The molecule has 1 saturated heterocycles. The van der Waals surface area contributed by atoms with Crippen LogP contribution in [0.25, 0.3) is 5.65 Å². The largest absolute Gasteiger partial charge is 0.372 e. The molecule has 0 spiro atoms. The van der Waals surface area contributed by atoms with Crippen LogP contribution in [0.5, 0.6) is 0 Å². The molecule has 150 valence electrons. The fraction of sp³-hybridized carbons (Fsp3) is 0.409. The van der Waals surface area contributed by atoms with Crippen LogP contribution in [0.2, 0.25) is 0 Å². The highest BCUT2D eigenvalue weighted by Gasteiger charge is 2.30. The molecule has 5 rings (SSSR count). The summed E-state index contributed by atoms with van der Waals surface area (Å²) in [4.78, 5) is 22.0. The summed E-state index contributed by atoms with van der Waals surface area (Å²) in [6.45, 7) is 5.08. The number of nitrogens with zero attached hydrogens (tertiary/aromatic N) is 5. The highest BCUT2D eigenvalue weighted by atomic mass is 79.9. The van der Waals surface area contributed by atoms with Gasteiger partial charge in [-0.3, -0.25) is 4.79 Å². The van der Waals surface area contributed by atoms with Gasteiger partial charge in [0.15, 0.2) is 11.3 Å². The number of aromatic nitrogens is 3. The molecule has 2 aliphatic rings. The molecule has 1 unspecified atom stereocenters. The molecule has 0 N–H and O–H groups in total. The second kappa shape index (κ2) is 7.44. The lowest BCUT2D eigenvalue weighted by Crippen LogP contribution is -2.39. The van der Waals surface area contributed by atoms with E-state index in [4.69, 9.17) is 0 Å². The lowest BCUT2D eigenvalue weighted by molar-refractivity contribution is 0.0671. The van der Waals surface area contributed by atoms with Crippen molar-refractivity contribution < 1.29 is 4.79 Å². The van der Waals surface area contributed by atoms with E-state index in [0.717, 1.165) is 24.0 Å². The van der Waals surface area contributed by atoms with E-state index in [9.17, 15) is 4.79 Å². The van der Waals surface area contributed by atoms with E-state index < -0.39 is 0 Å². The molecule has 1 atom stereocenters. The van der Waals surface area contributed by atoms with Gasteiger partial charge < -0.3 is 9.80 Å². The molecule has 3 aromatic rings. The van der Waals surface area contributed by atoms with E-state index in [2.05, 4.69) is 56.0 Å². The molecule has 0 bridgehead atoms. The number of benzene rings is 1. The molecule has 29 heavy (non-hydrogen) atoms. The van der Waals surface area contributed by atoms with E-state index >= 15 is 0 Å². The number of piperidine rings is 1. The third-order valence-electron chi connectivity index (χ3n) is 6.15. The Hall–Kier alpha value is -2.41. The molecule has 1 fully saturated rings. The average molecular weight is 454 g/mol. The first-order valence-electron chi connectivity index (χ1n) is 10.3. The standard InChI is InChI=1S/C22H24BrN5O/c1-15-19-11-18(26-8-3-2-4-9-26)6-5-16(19)7-10-27(15)22(29)20-12-21-24-13-17(23)14-28(21)25-20/h5-6,11-15H,2-4,7-10H2,1H3. The summed E-state index contributed by atoms with van der Waals surface area (Å²) in [5, 5.41) is 4.45.